The predicted octanol–water partition coefficient (Wildman–Crippen LogP) is 3.85. The van der Waals surface area contributed by atoms with E-state index in [4.69, 9.17) is 4.74 Å². The summed E-state index contributed by atoms with van der Waals surface area (Å²) in [4.78, 5) is 10.9. The van der Waals surface area contributed by atoms with Crippen LogP contribution in [0.15, 0.2) is 0 Å². The summed E-state index contributed by atoms with van der Waals surface area (Å²) in [6.07, 6.45) is 12.6. The highest BCUT2D eigenvalue weighted by molar-refractivity contribution is 5.68. The van der Waals surface area contributed by atoms with Gasteiger partial charge in [0.15, 0.2) is 0 Å². The molecule has 0 N–H and O–H groups in total. The van der Waals surface area contributed by atoms with E-state index in [1.165, 1.54) is 52.1 Å². The molecule has 3 heteroatoms. The van der Waals surface area contributed by atoms with Crippen LogP contribution >= 0.6 is 0 Å². The van der Waals surface area contributed by atoms with E-state index in [1.54, 1.807) is 0 Å². The normalized spacial score (nSPS) is 21.9. The van der Waals surface area contributed by atoms with Crippen LogP contribution in [0.4, 0.5) is 0 Å². The third kappa shape index (κ3) is 7.00. The zero-order chi connectivity index (χ0) is 13.2. The van der Waals surface area contributed by atoms with Gasteiger partial charge in [-0.15, -0.1) is 0 Å². The second kappa shape index (κ2) is 9.37. The Kier molecular flexibility index (Phi) is 8.06. The maximum Gasteiger partial charge on any atom is 0.305 e. The van der Waals surface area contributed by atoms with E-state index < -0.39 is 0 Å². The molecule has 0 saturated carbocycles. The van der Waals surface area contributed by atoms with Crippen LogP contribution in [0.2, 0.25) is 0 Å². The molecule has 0 spiro atoms. The summed E-state index contributed by atoms with van der Waals surface area (Å²) in [7, 11) is 1.45. The Morgan fingerprint density at radius 2 is 1.61 bits per heavy atom. The molecule has 18 heavy (non-hydrogen) atoms. The molecule has 2 atom stereocenters. The number of ether oxygens (including phenoxy) is 2. The van der Waals surface area contributed by atoms with Crippen molar-refractivity contribution < 1.29 is 14.3 Å². The largest absolute Gasteiger partial charge is 0.469 e. The summed E-state index contributed by atoms with van der Waals surface area (Å²) in [5, 5.41) is 0. The van der Waals surface area contributed by atoms with Crippen molar-refractivity contribution in [2.75, 3.05) is 7.11 Å². The van der Waals surface area contributed by atoms with Crippen molar-refractivity contribution in [3.05, 3.63) is 0 Å². The Morgan fingerprint density at radius 3 is 2.22 bits per heavy atom. The van der Waals surface area contributed by atoms with Gasteiger partial charge in [0.05, 0.1) is 19.3 Å². The molecule has 1 saturated heterocycles. The highest BCUT2D eigenvalue weighted by Gasteiger charge is 2.36. The Labute approximate surface area is 111 Å². The first-order valence-electron chi connectivity index (χ1n) is 7.50. The molecule has 1 aliphatic heterocycles. The fraction of sp³-hybridized carbons (Fsp3) is 0.933. The molecular weight excluding hydrogens is 228 g/mol. The minimum Gasteiger partial charge on any atom is -0.469 e. The van der Waals surface area contributed by atoms with Gasteiger partial charge in [0.1, 0.15) is 0 Å². The smallest absolute Gasteiger partial charge is 0.305 e. The average molecular weight is 256 g/mol. The molecule has 0 radical (unpaired) electrons. The quantitative estimate of drug-likeness (QED) is 0.320. The Balaban J connectivity index is 1.81. The van der Waals surface area contributed by atoms with Gasteiger partial charge in [-0.2, -0.15) is 0 Å². The molecule has 2 unspecified atom stereocenters. The van der Waals surface area contributed by atoms with E-state index in [-0.39, 0.29) is 5.97 Å². The van der Waals surface area contributed by atoms with Gasteiger partial charge in [-0.05, 0) is 19.3 Å². The number of unbranched alkanes of at least 4 members (excludes halogenated alkanes) is 5. The van der Waals surface area contributed by atoms with Crippen molar-refractivity contribution in [2.45, 2.75) is 83.3 Å². The van der Waals surface area contributed by atoms with Gasteiger partial charge in [0.2, 0.25) is 0 Å². The van der Waals surface area contributed by atoms with Crippen LogP contribution < -0.4 is 0 Å². The van der Waals surface area contributed by atoms with Gasteiger partial charge < -0.3 is 9.47 Å². The number of carbonyl (C=O) groups excluding carboxylic acids is 1. The van der Waals surface area contributed by atoms with Crippen molar-refractivity contribution in [1.29, 1.82) is 0 Å². The lowest BCUT2D eigenvalue weighted by Crippen LogP contribution is -1.99. The Morgan fingerprint density at radius 1 is 1.00 bits per heavy atom. The lowest BCUT2D eigenvalue weighted by atomic mass is 10.1. The standard InChI is InChI=1S/C15H28O3/c1-3-4-7-10-13-14(18-13)11-8-5-6-9-12-15(16)17-2/h13-14H,3-12H2,1-2H3. The maximum absolute atomic E-state index is 10.9. The van der Waals surface area contributed by atoms with Gasteiger partial charge in [-0.25, -0.2) is 0 Å². The van der Waals surface area contributed by atoms with E-state index in [2.05, 4.69) is 11.7 Å². The second-order valence-electron chi connectivity index (χ2n) is 5.24. The summed E-state index contributed by atoms with van der Waals surface area (Å²) in [5.41, 5.74) is 0. The van der Waals surface area contributed by atoms with E-state index >= 15 is 0 Å². The van der Waals surface area contributed by atoms with Crippen LogP contribution in [0.3, 0.4) is 0 Å². The molecule has 0 aromatic heterocycles. The van der Waals surface area contributed by atoms with E-state index in [0.717, 1.165) is 12.8 Å². The summed E-state index contributed by atoms with van der Waals surface area (Å²) in [6, 6.07) is 0. The third-order valence-corrected chi connectivity index (χ3v) is 3.63. The zero-order valence-electron chi connectivity index (χ0n) is 12.0. The fourth-order valence-electron chi connectivity index (χ4n) is 2.35. The number of hydrogen-bond donors (Lipinski definition) is 0. The number of esters is 1. The van der Waals surface area contributed by atoms with Gasteiger partial charge >= 0.3 is 5.97 Å². The summed E-state index contributed by atoms with van der Waals surface area (Å²) < 4.78 is 10.3. The molecule has 0 amide bonds. The minimum atomic E-state index is -0.0866. The molecule has 1 aliphatic rings. The highest BCUT2D eigenvalue weighted by Crippen LogP contribution is 2.31. The number of rotatable bonds is 11. The SMILES string of the molecule is CCCCCC1OC1CCCCCCC(=O)OC. The van der Waals surface area contributed by atoms with Crippen LogP contribution in [-0.4, -0.2) is 25.3 Å². The van der Waals surface area contributed by atoms with Crippen LogP contribution in [-0.2, 0) is 14.3 Å². The Hall–Kier alpha value is -0.570. The average Bonchev–Trinajstić information content (AvgIpc) is 3.12. The fourth-order valence-corrected chi connectivity index (χ4v) is 2.35. The molecule has 106 valence electrons. The minimum absolute atomic E-state index is 0.0866. The monoisotopic (exact) mass is 256 g/mol. The molecule has 1 rings (SSSR count). The molecule has 0 bridgehead atoms. The molecular formula is C15H28O3. The first kappa shape index (κ1) is 15.5. The zero-order valence-corrected chi connectivity index (χ0v) is 12.0. The lowest BCUT2D eigenvalue weighted by molar-refractivity contribution is -0.140. The molecule has 0 aromatic rings. The number of epoxide rings is 1. The molecule has 1 heterocycles. The van der Waals surface area contributed by atoms with Crippen LogP contribution in [0.5, 0.6) is 0 Å². The van der Waals surface area contributed by atoms with Gasteiger partial charge in [0.25, 0.3) is 0 Å². The van der Waals surface area contributed by atoms with Gasteiger partial charge in [-0.1, -0.05) is 45.4 Å². The molecule has 0 aromatic carbocycles. The van der Waals surface area contributed by atoms with Gasteiger partial charge in [-0.3, -0.25) is 4.79 Å². The van der Waals surface area contributed by atoms with Gasteiger partial charge in [0, 0.05) is 6.42 Å². The Bertz CT molecular complexity index is 228. The van der Waals surface area contributed by atoms with Crippen LogP contribution in [0.1, 0.15) is 71.1 Å². The number of methoxy groups -OCH3 is 1. The number of hydrogen-bond acceptors (Lipinski definition) is 3. The summed E-state index contributed by atoms with van der Waals surface area (Å²) >= 11 is 0. The topological polar surface area (TPSA) is 38.8 Å². The first-order valence-corrected chi connectivity index (χ1v) is 7.50. The first-order chi connectivity index (χ1) is 8.77. The number of carbonyl (C=O) groups is 1. The summed E-state index contributed by atoms with van der Waals surface area (Å²) in [6.45, 7) is 2.24. The van der Waals surface area contributed by atoms with E-state index in [0.29, 0.717) is 18.6 Å². The summed E-state index contributed by atoms with van der Waals surface area (Å²) in [5.74, 6) is -0.0866. The van der Waals surface area contributed by atoms with E-state index in [1.807, 2.05) is 0 Å². The molecule has 1 fully saturated rings. The van der Waals surface area contributed by atoms with Crippen molar-refractivity contribution in [3.8, 4) is 0 Å². The van der Waals surface area contributed by atoms with Crippen molar-refractivity contribution in [3.63, 3.8) is 0 Å². The van der Waals surface area contributed by atoms with Crippen LogP contribution in [0, 0.1) is 0 Å². The van der Waals surface area contributed by atoms with Crippen molar-refractivity contribution >= 4 is 5.97 Å². The second-order valence-corrected chi connectivity index (χ2v) is 5.24. The molecule has 3 nitrogen and oxygen atoms in total. The highest BCUT2D eigenvalue weighted by atomic mass is 16.6. The van der Waals surface area contributed by atoms with Crippen molar-refractivity contribution in [1.82, 2.24) is 0 Å². The molecule has 0 aliphatic carbocycles. The van der Waals surface area contributed by atoms with E-state index in [9.17, 15) is 4.79 Å². The predicted molar refractivity (Wildman–Crippen MR) is 72.5 cm³/mol. The lowest BCUT2D eigenvalue weighted by Gasteiger charge is -2.00. The van der Waals surface area contributed by atoms with Crippen molar-refractivity contribution in [2.24, 2.45) is 0 Å². The maximum atomic E-state index is 10.9. The third-order valence-electron chi connectivity index (χ3n) is 3.63. The van der Waals surface area contributed by atoms with Crippen LogP contribution in [0.25, 0.3) is 0 Å².